The van der Waals surface area contributed by atoms with E-state index in [2.05, 4.69) is 5.32 Å². The van der Waals surface area contributed by atoms with Crippen LogP contribution in [0.3, 0.4) is 0 Å². The molecule has 4 aromatic carbocycles. The number of anilines is 3. The van der Waals surface area contributed by atoms with E-state index in [0.29, 0.717) is 44.0 Å². The van der Waals surface area contributed by atoms with Crippen molar-refractivity contribution in [3.05, 3.63) is 111 Å². The van der Waals surface area contributed by atoms with Gasteiger partial charge in [0.1, 0.15) is 11.5 Å². The van der Waals surface area contributed by atoms with E-state index in [-0.39, 0.29) is 5.97 Å². The summed E-state index contributed by atoms with van der Waals surface area (Å²) in [7, 11) is 3.92. The number of hydrogen-bond acceptors (Lipinski definition) is 5. The van der Waals surface area contributed by atoms with E-state index in [0.717, 1.165) is 16.8 Å². The van der Waals surface area contributed by atoms with Gasteiger partial charge in [0, 0.05) is 48.6 Å². The Morgan fingerprint density at radius 3 is 2.31 bits per heavy atom. The highest BCUT2D eigenvalue weighted by molar-refractivity contribution is 6.35. The molecule has 0 radical (unpaired) electrons. The maximum absolute atomic E-state index is 13.1. The zero-order chi connectivity index (χ0) is 24.3. The highest BCUT2D eigenvalue weighted by Crippen LogP contribution is 2.57. The topological polar surface area (TPSA) is 50.8 Å². The Labute approximate surface area is 212 Å². The zero-order valence-electron chi connectivity index (χ0n) is 18.9. The van der Waals surface area contributed by atoms with Crippen LogP contribution < -0.4 is 15.0 Å². The molecule has 2 aliphatic heterocycles. The molecule has 0 aliphatic carbocycles. The summed E-state index contributed by atoms with van der Waals surface area (Å²) in [5, 5.41) is 4.32. The van der Waals surface area contributed by atoms with Gasteiger partial charge in [-0.2, -0.15) is 0 Å². The number of carbonyl (C=O) groups excluding carboxylic acids is 1. The molecule has 0 saturated heterocycles. The van der Waals surface area contributed by atoms with Crippen molar-refractivity contribution in [2.75, 3.05) is 24.3 Å². The molecule has 1 N–H and O–H groups in total. The summed E-state index contributed by atoms with van der Waals surface area (Å²) < 4.78 is 12.6. The Bertz CT molecular complexity index is 1520. The minimum atomic E-state index is -1.18. The molecule has 1 atom stereocenters. The first-order chi connectivity index (χ1) is 16.9. The molecule has 35 heavy (non-hydrogen) atoms. The number of nitrogens with one attached hydrogen (secondary N) is 1. The van der Waals surface area contributed by atoms with Gasteiger partial charge >= 0.3 is 5.97 Å². The van der Waals surface area contributed by atoms with E-state index in [9.17, 15) is 4.79 Å². The third kappa shape index (κ3) is 3.27. The van der Waals surface area contributed by atoms with Crippen LogP contribution in [-0.2, 0) is 10.3 Å². The van der Waals surface area contributed by atoms with E-state index in [4.69, 9.17) is 32.7 Å². The first kappa shape index (κ1) is 21.8. The number of para-hydroxylation sites is 1. The standard InChI is InChI=1S/C28H20Cl2N2O3/c1-32(2)16-11-12-19-25(13-16)34-26-15-22(30)24(31-23-10-6-5-9-21(23)29)14-20(26)28(19)18-8-4-3-7-17(18)27(33)35-28/h3-15,31H,1-2H3. The number of nitrogens with zero attached hydrogens (tertiary/aromatic N) is 1. The fourth-order valence-corrected chi connectivity index (χ4v) is 5.15. The molecule has 2 heterocycles. The molecule has 7 heteroatoms. The third-order valence-electron chi connectivity index (χ3n) is 6.44. The van der Waals surface area contributed by atoms with E-state index in [1.807, 2.05) is 79.7 Å². The van der Waals surface area contributed by atoms with E-state index in [1.165, 1.54) is 0 Å². The van der Waals surface area contributed by atoms with Gasteiger partial charge in [0.25, 0.3) is 0 Å². The van der Waals surface area contributed by atoms with Crippen LogP contribution in [-0.4, -0.2) is 20.1 Å². The van der Waals surface area contributed by atoms with Crippen LogP contribution in [0.2, 0.25) is 10.0 Å². The lowest BCUT2D eigenvalue weighted by Gasteiger charge is -2.37. The van der Waals surface area contributed by atoms with Crippen LogP contribution in [0.5, 0.6) is 11.5 Å². The molecule has 1 spiro atoms. The molecule has 0 fully saturated rings. The van der Waals surface area contributed by atoms with Gasteiger partial charge in [0.15, 0.2) is 5.60 Å². The van der Waals surface area contributed by atoms with Crippen molar-refractivity contribution in [3.8, 4) is 11.5 Å². The average molecular weight is 503 g/mol. The molecule has 0 saturated carbocycles. The van der Waals surface area contributed by atoms with Crippen molar-refractivity contribution in [2.45, 2.75) is 5.60 Å². The predicted molar refractivity (Wildman–Crippen MR) is 139 cm³/mol. The second-order valence-corrected chi connectivity index (χ2v) is 9.54. The van der Waals surface area contributed by atoms with Gasteiger partial charge < -0.3 is 19.7 Å². The molecular formula is C28H20Cl2N2O3. The minimum absolute atomic E-state index is 0.383. The predicted octanol–water partition coefficient (Wildman–Crippen LogP) is 7.37. The van der Waals surface area contributed by atoms with Gasteiger partial charge in [-0.25, -0.2) is 4.79 Å². The van der Waals surface area contributed by atoms with Crippen LogP contribution in [0.15, 0.2) is 78.9 Å². The Balaban J connectivity index is 1.61. The summed E-state index contributed by atoms with van der Waals surface area (Å²) in [5.74, 6) is 0.746. The number of carbonyl (C=O) groups is 1. The second-order valence-electron chi connectivity index (χ2n) is 8.73. The summed E-state index contributed by atoms with van der Waals surface area (Å²) in [4.78, 5) is 15.1. The van der Waals surface area contributed by atoms with Crippen LogP contribution in [0.4, 0.5) is 17.1 Å². The summed E-state index contributed by atoms with van der Waals surface area (Å²) in [6, 6.07) is 24.4. The number of rotatable bonds is 3. The van der Waals surface area contributed by atoms with E-state index >= 15 is 0 Å². The normalized spacial score (nSPS) is 17.2. The Hall–Kier alpha value is -3.67. The Morgan fingerprint density at radius 1 is 0.771 bits per heavy atom. The molecule has 6 rings (SSSR count). The number of fused-ring (bicyclic) bond motifs is 6. The van der Waals surface area contributed by atoms with Gasteiger partial charge in [0.2, 0.25) is 0 Å². The smallest absolute Gasteiger partial charge is 0.340 e. The zero-order valence-corrected chi connectivity index (χ0v) is 20.4. The van der Waals surface area contributed by atoms with Crippen molar-refractivity contribution in [1.82, 2.24) is 0 Å². The quantitative estimate of drug-likeness (QED) is 0.296. The summed E-state index contributed by atoms with van der Waals surface area (Å²) in [6.07, 6.45) is 0. The van der Waals surface area contributed by atoms with E-state index in [1.54, 1.807) is 18.2 Å². The maximum atomic E-state index is 13.1. The molecule has 1 unspecified atom stereocenters. The first-order valence-electron chi connectivity index (χ1n) is 11.1. The van der Waals surface area contributed by atoms with Crippen molar-refractivity contribution in [1.29, 1.82) is 0 Å². The molecule has 5 nitrogen and oxygen atoms in total. The van der Waals surface area contributed by atoms with Crippen LogP contribution >= 0.6 is 23.2 Å². The number of hydrogen-bond donors (Lipinski definition) is 1. The largest absolute Gasteiger partial charge is 0.456 e. The Morgan fingerprint density at radius 2 is 1.51 bits per heavy atom. The van der Waals surface area contributed by atoms with Gasteiger partial charge in [0.05, 0.1) is 27.0 Å². The summed E-state index contributed by atoms with van der Waals surface area (Å²) in [6.45, 7) is 0. The molecule has 2 aliphatic rings. The van der Waals surface area contributed by atoms with E-state index < -0.39 is 5.60 Å². The first-order valence-corrected chi connectivity index (χ1v) is 11.8. The Kier molecular flexibility index (Phi) is 4.95. The highest BCUT2D eigenvalue weighted by Gasteiger charge is 2.53. The highest BCUT2D eigenvalue weighted by atomic mass is 35.5. The van der Waals surface area contributed by atoms with Gasteiger partial charge in [-0.3, -0.25) is 0 Å². The lowest BCUT2D eigenvalue weighted by molar-refractivity contribution is 0.0224. The van der Waals surface area contributed by atoms with Crippen molar-refractivity contribution < 1.29 is 14.3 Å². The minimum Gasteiger partial charge on any atom is -0.456 e. The number of halogens is 2. The number of benzene rings is 4. The van der Waals surface area contributed by atoms with Crippen LogP contribution in [0.25, 0.3) is 0 Å². The average Bonchev–Trinajstić information content (AvgIpc) is 3.14. The fourth-order valence-electron chi connectivity index (χ4n) is 4.76. The molecule has 4 aromatic rings. The molecule has 0 aromatic heterocycles. The SMILES string of the molecule is CN(C)c1ccc2c(c1)Oc1cc(Cl)c(Nc3ccccc3Cl)cc1C21OC(=O)c2ccccc21. The molecule has 0 amide bonds. The van der Waals surface area contributed by atoms with Gasteiger partial charge in [-0.15, -0.1) is 0 Å². The molecule has 174 valence electrons. The number of esters is 1. The molecule has 0 bridgehead atoms. The lowest BCUT2D eigenvalue weighted by atomic mass is 9.77. The van der Waals surface area contributed by atoms with Gasteiger partial charge in [-0.05, 0) is 36.4 Å². The van der Waals surface area contributed by atoms with Gasteiger partial charge in [-0.1, -0.05) is 53.5 Å². The van der Waals surface area contributed by atoms with Crippen molar-refractivity contribution in [2.24, 2.45) is 0 Å². The molecular weight excluding hydrogens is 483 g/mol. The summed E-state index contributed by atoms with van der Waals surface area (Å²) in [5.41, 5.74) is 3.83. The third-order valence-corrected chi connectivity index (χ3v) is 7.09. The second kappa shape index (κ2) is 7.94. The van der Waals surface area contributed by atoms with Crippen molar-refractivity contribution >= 4 is 46.2 Å². The van der Waals surface area contributed by atoms with Crippen molar-refractivity contribution in [3.63, 3.8) is 0 Å². The maximum Gasteiger partial charge on any atom is 0.340 e. The van der Waals surface area contributed by atoms with Crippen LogP contribution in [0.1, 0.15) is 27.0 Å². The lowest BCUT2D eigenvalue weighted by Crippen LogP contribution is -2.33. The fraction of sp³-hybridized carbons (Fsp3) is 0.107. The summed E-state index contributed by atoms with van der Waals surface area (Å²) >= 11 is 13.1. The number of ether oxygens (including phenoxy) is 2. The monoisotopic (exact) mass is 502 g/mol. The van der Waals surface area contributed by atoms with Crippen LogP contribution in [0, 0.1) is 0 Å².